The highest BCUT2D eigenvalue weighted by Gasteiger charge is 2.13. The van der Waals surface area contributed by atoms with Crippen LogP contribution in [0.25, 0.3) is 0 Å². The Morgan fingerprint density at radius 2 is 1.75 bits per heavy atom. The van der Waals surface area contributed by atoms with Crippen LogP contribution in [0.3, 0.4) is 0 Å². The zero-order valence-electron chi connectivity index (χ0n) is 16.0. The molecule has 1 unspecified atom stereocenters. The summed E-state index contributed by atoms with van der Waals surface area (Å²) in [5, 5.41) is 12.1. The molecule has 2 aromatic rings. The maximum Gasteiger partial charge on any atom is 0.239 e. The summed E-state index contributed by atoms with van der Waals surface area (Å²) >= 11 is 0. The summed E-state index contributed by atoms with van der Waals surface area (Å²) in [5.74, 6) is 4.70. The predicted molar refractivity (Wildman–Crippen MR) is 111 cm³/mol. The highest BCUT2D eigenvalue weighted by Crippen LogP contribution is 2.03. The Kier molecular flexibility index (Phi) is 8.68. The third-order valence-electron chi connectivity index (χ3n) is 4.21. The molecule has 5 N–H and O–H groups in total. The van der Waals surface area contributed by atoms with Crippen LogP contribution >= 0.6 is 0 Å². The Morgan fingerprint density at radius 1 is 1.04 bits per heavy atom. The van der Waals surface area contributed by atoms with Gasteiger partial charge in [0.2, 0.25) is 11.8 Å². The minimum absolute atomic E-state index is 0.0350. The van der Waals surface area contributed by atoms with Crippen molar-refractivity contribution < 1.29 is 9.59 Å². The molecule has 7 nitrogen and oxygen atoms in total. The number of hydrazone groups is 1. The standard InChI is InChI=1S/C21H27N5O2/c1-16(24-13-18-7-9-19(10-8-18)14-26-22)21(28)25-15-20(27)23-12-11-17-5-3-2-4-6-17/h2-10,14,16,24H,11-13,15,22H2,1H3,(H,23,27)(H,25,28). The minimum atomic E-state index is -0.414. The van der Waals surface area contributed by atoms with Gasteiger partial charge < -0.3 is 21.8 Å². The van der Waals surface area contributed by atoms with Crippen molar-refractivity contribution in [3.63, 3.8) is 0 Å². The molecule has 0 bridgehead atoms. The molecule has 148 valence electrons. The zero-order valence-corrected chi connectivity index (χ0v) is 16.0. The molecule has 0 saturated carbocycles. The molecule has 0 fully saturated rings. The molecule has 0 aliphatic heterocycles. The average molecular weight is 381 g/mol. The number of nitrogens with one attached hydrogen (secondary N) is 3. The van der Waals surface area contributed by atoms with Gasteiger partial charge in [-0.2, -0.15) is 5.10 Å². The Hall–Kier alpha value is -3.19. The van der Waals surface area contributed by atoms with Crippen LogP contribution in [0.15, 0.2) is 59.7 Å². The molecule has 7 heteroatoms. The van der Waals surface area contributed by atoms with Gasteiger partial charge in [0.05, 0.1) is 18.8 Å². The average Bonchev–Trinajstić information content (AvgIpc) is 2.72. The normalized spacial score (nSPS) is 11.9. The van der Waals surface area contributed by atoms with Gasteiger partial charge in [0.15, 0.2) is 0 Å². The lowest BCUT2D eigenvalue weighted by atomic mass is 10.1. The van der Waals surface area contributed by atoms with Crippen LogP contribution in [0.1, 0.15) is 23.6 Å². The number of rotatable bonds is 10. The summed E-state index contributed by atoms with van der Waals surface area (Å²) in [6, 6.07) is 17.2. The molecule has 0 aliphatic rings. The number of carbonyl (C=O) groups is 2. The maximum atomic E-state index is 12.1. The first-order valence-corrected chi connectivity index (χ1v) is 9.22. The van der Waals surface area contributed by atoms with Gasteiger partial charge in [0, 0.05) is 13.1 Å². The summed E-state index contributed by atoms with van der Waals surface area (Å²) in [4.78, 5) is 24.0. The molecule has 0 saturated heterocycles. The molecule has 0 aliphatic carbocycles. The first-order chi connectivity index (χ1) is 13.6. The largest absolute Gasteiger partial charge is 0.354 e. The molecular weight excluding hydrogens is 354 g/mol. The van der Waals surface area contributed by atoms with Crippen molar-refractivity contribution in [3.8, 4) is 0 Å². The molecule has 0 radical (unpaired) electrons. The lowest BCUT2D eigenvalue weighted by Gasteiger charge is -2.14. The highest BCUT2D eigenvalue weighted by molar-refractivity contribution is 5.87. The minimum Gasteiger partial charge on any atom is -0.354 e. The SMILES string of the molecule is CC(NCc1ccc(C=NN)cc1)C(=O)NCC(=O)NCCc1ccccc1. The van der Waals surface area contributed by atoms with E-state index in [9.17, 15) is 9.59 Å². The summed E-state index contributed by atoms with van der Waals surface area (Å²) in [7, 11) is 0. The second-order valence-electron chi connectivity index (χ2n) is 6.43. The third kappa shape index (κ3) is 7.59. The zero-order chi connectivity index (χ0) is 20.2. The van der Waals surface area contributed by atoms with E-state index in [0.29, 0.717) is 13.1 Å². The van der Waals surface area contributed by atoms with Crippen LogP contribution in [-0.2, 0) is 22.6 Å². The van der Waals surface area contributed by atoms with Crippen molar-refractivity contribution in [3.05, 3.63) is 71.3 Å². The molecule has 0 spiro atoms. The van der Waals surface area contributed by atoms with E-state index >= 15 is 0 Å². The van der Waals surface area contributed by atoms with E-state index in [2.05, 4.69) is 21.1 Å². The van der Waals surface area contributed by atoms with E-state index in [1.165, 1.54) is 0 Å². The van der Waals surface area contributed by atoms with Crippen molar-refractivity contribution in [2.75, 3.05) is 13.1 Å². The van der Waals surface area contributed by atoms with E-state index in [1.54, 1.807) is 13.1 Å². The molecule has 2 aromatic carbocycles. The number of nitrogens with two attached hydrogens (primary N) is 1. The van der Waals surface area contributed by atoms with Crippen LogP contribution in [0.4, 0.5) is 0 Å². The number of hydrogen-bond acceptors (Lipinski definition) is 5. The third-order valence-corrected chi connectivity index (χ3v) is 4.21. The van der Waals surface area contributed by atoms with Crippen LogP contribution in [-0.4, -0.2) is 37.2 Å². The highest BCUT2D eigenvalue weighted by atomic mass is 16.2. The van der Waals surface area contributed by atoms with Gasteiger partial charge in [-0.25, -0.2) is 0 Å². The van der Waals surface area contributed by atoms with Crippen molar-refractivity contribution in [2.45, 2.75) is 25.9 Å². The van der Waals surface area contributed by atoms with Gasteiger partial charge in [-0.05, 0) is 30.0 Å². The molecule has 0 aromatic heterocycles. The van der Waals surface area contributed by atoms with Crippen molar-refractivity contribution in [2.24, 2.45) is 10.9 Å². The second-order valence-corrected chi connectivity index (χ2v) is 6.43. The van der Waals surface area contributed by atoms with Crippen LogP contribution in [0.2, 0.25) is 0 Å². The molecule has 28 heavy (non-hydrogen) atoms. The van der Waals surface area contributed by atoms with Crippen LogP contribution < -0.4 is 21.8 Å². The molecular formula is C21H27N5O2. The smallest absolute Gasteiger partial charge is 0.239 e. The fraction of sp³-hybridized carbons (Fsp3) is 0.286. The van der Waals surface area contributed by atoms with Gasteiger partial charge in [-0.3, -0.25) is 9.59 Å². The number of carbonyl (C=O) groups excluding carboxylic acids is 2. The van der Waals surface area contributed by atoms with Gasteiger partial charge >= 0.3 is 0 Å². The van der Waals surface area contributed by atoms with Crippen molar-refractivity contribution in [1.82, 2.24) is 16.0 Å². The molecule has 2 amide bonds. The van der Waals surface area contributed by atoms with Gasteiger partial charge in [-0.1, -0.05) is 54.6 Å². The van der Waals surface area contributed by atoms with Crippen LogP contribution in [0, 0.1) is 0 Å². The summed E-state index contributed by atoms with van der Waals surface area (Å²) in [6.45, 7) is 2.81. The number of benzene rings is 2. The molecule has 1 atom stereocenters. The molecule has 0 heterocycles. The Labute approximate surface area is 165 Å². The van der Waals surface area contributed by atoms with E-state index in [0.717, 1.165) is 23.1 Å². The fourth-order valence-electron chi connectivity index (χ4n) is 2.55. The predicted octanol–water partition coefficient (Wildman–Crippen LogP) is 0.932. The van der Waals surface area contributed by atoms with Gasteiger partial charge in [0.1, 0.15) is 0 Å². The monoisotopic (exact) mass is 381 g/mol. The number of nitrogens with zero attached hydrogens (tertiary/aromatic N) is 1. The van der Waals surface area contributed by atoms with E-state index in [-0.39, 0.29) is 18.4 Å². The van der Waals surface area contributed by atoms with E-state index in [1.807, 2.05) is 54.6 Å². The quantitative estimate of drug-likeness (QED) is 0.279. The van der Waals surface area contributed by atoms with Gasteiger partial charge in [-0.15, -0.1) is 0 Å². The Bertz CT molecular complexity index is 775. The first kappa shape index (κ1) is 21.1. The molecule has 2 rings (SSSR count). The lowest BCUT2D eigenvalue weighted by Crippen LogP contribution is -2.45. The first-order valence-electron chi connectivity index (χ1n) is 9.22. The van der Waals surface area contributed by atoms with E-state index in [4.69, 9.17) is 5.84 Å². The maximum absolute atomic E-state index is 12.1. The topological polar surface area (TPSA) is 109 Å². The summed E-state index contributed by atoms with van der Waals surface area (Å²) in [5.41, 5.74) is 3.11. The Balaban J connectivity index is 1.63. The second kappa shape index (κ2) is 11.5. The number of amides is 2. The van der Waals surface area contributed by atoms with Gasteiger partial charge in [0.25, 0.3) is 0 Å². The van der Waals surface area contributed by atoms with Crippen molar-refractivity contribution in [1.29, 1.82) is 0 Å². The van der Waals surface area contributed by atoms with E-state index < -0.39 is 6.04 Å². The Morgan fingerprint density at radius 3 is 2.43 bits per heavy atom. The van der Waals surface area contributed by atoms with Crippen LogP contribution in [0.5, 0.6) is 0 Å². The lowest BCUT2D eigenvalue weighted by molar-refractivity contribution is -0.127. The number of hydrogen-bond donors (Lipinski definition) is 4. The summed E-state index contributed by atoms with van der Waals surface area (Å²) in [6.07, 6.45) is 2.33. The fourth-order valence-corrected chi connectivity index (χ4v) is 2.55. The summed E-state index contributed by atoms with van der Waals surface area (Å²) < 4.78 is 0. The van der Waals surface area contributed by atoms with Crippen molar-refractivity contribution >= 4 is 18.0 Å².